The van der Waals surface area contributed by atoms with Crippen LogP contribution in [0.15, 0.2) is 27.9 Å². The van der Waals surface area contributed by atoms with E-state index < -0.39 is 17.4 Å². The smallest absolute Gasteiger partial charge is 0.328 e. The Kier molecular flexibility index (Phi) is 3.23. The molecule has 0 aromatic carbocycles. The summed E-state index contributed by atoms with van der Waals surface area (Å²) in [5.41, 5.74) is -0.0337. The zero-order valence-electron chi connectivity index (χ0n) is 10.1. The lowest BCUT2D eigenvalue weighted by atomic mass is 10.1. The van der Waals surface area contributed by atoms with Crippen molar-refractivity contribution in [3.05, 3.63) is 44.8 Å². The molecule has 0 spiro atoms. The van der Waals surface area contributed by atoms with E-state index in [1.165, 1.54) is 10.8 Å². The Morgan fingerprint density at radius 3 is 2.78 bits per heavy atom. The van der Waals surface area contributed by atoms with Gasteiger partial charge in [-0.25, -0.2) is 4.79 Å². The Morgan fingerprint density at radius 1 is 1.56 bits per heavy atom. The van der Waals surface area contributed by atoms with Crippen molar-refractivity contribution in [2.75, 3.05) is 6.61 Å². The largest absolute Gasteiger partial charge is 0.396 e. The van der Waals surface area contributed by atoms with E-state index in [-0.39, 0.29) is 18.6 Å². The predicted molar refractivity (Wildman–Crippen MR) is 65.4 cm³/mol. The molecule has 1 heterocycles. The quantitative estimate of drug-likeness (QED) is 0.607. The molecule has 1 aromatic rings. The van der Waals surface area contributed by atoms with E-state index in [1.807, 2.05) is 0 Å². The molecular formula is C12H16N2O4. The highest BCUT2D eigenvalue weighted by Crippen LogP contribution is 2.37. The van der Waals surface area contributed by atoms with Crippen LogP contribution in [0.1, 0.15) is 18.0 Å². The molecule has 0 aliphatic heterocycles. The van der Waals surface area contributed by atoms with E-state index in [0.29, 0.717) is 17.6 Å². The van der Waals surface area contributed by atoms with Crippen molar-refractivity contribution in [2.24, 2.45) is 5.92 Å². The highest BCUT2D eigenvalue weighted by molar-refractivity contribution is 5.19. The number of aromatic amines is 1. The zero-order chi connectivity index (χ0) is 13.4. The van der Waals surface area contributed by atoms with Crippen molar-refractivity contribution >= 4 is 0 Å². The van der Waals surface area contributed by atoms with Crippen LogP contribution in [0.2, 0.25) is 0 Å². The first kappa shape index (κ1) is 12.8. The maximum Gasteiger partial charge on any atom is 0.328 e. The number of aliphatic hydroxyl groups is 2. The van der Waals surface area contributed by atoms with Gasteiger partial charge in [-0.1, -0.05) is 6.58 Å². The van der Waals surface area contributed by atoms with Crippen LogP contribution in [0, 0.1) is 12.8 Å². The van der Waals surface area contributed by atoms with Gasteiger partial charge in [0.2, 0.25) is 0 Å². The summed E-state index contributed by atoms with van der Waals surface area (Å²) >= 11 is 0. The lowest BCUT2D eigenvalue weighted by Gasteiger charge is -2.15. The second kappa shape index (κ2) is 4.55. The van der Waals surface area contributed by atoms with Crippen LogP contribution in [-0.4, -0.2) is 32.5 Å². The Hall–Kier alpha value is -1.66. The highest BCUT2D eigenvalue weighted by atomic mass is 16.3. The van der Waals surface area contributed by atoms with Gasteiger partial charge in [0, 0.05) is 24.3 Å². The van der Waals surface area contributed by atoms with Crippen molar-refractivity contribution < 1.29 is 10.2 Å². The minimum Gasteiger partial charge on any atom is -0.396 e. The summed E-state index contributed by atoms with van der Waals surface area (Å²) in [6.45, 7) is 5.22. The van der Waals surface area contributed by atoms with Crippen LogP contribution in [0.5, 0.6) is 0 Å². The monoisotopic (exact) mass is 252 g/mol. The Balaban J connectivity index is 2.45. The molecule has 3 atom stereocenters. The molecule has 2 rings (SSSR count). The van der Waals surface area contributed by atoms with Gasteiger partial charge in [-0.15, -0.1) is 0 Å². The predicted octanol–water partition coefficient (Wildman–Crippen LogP) is -0.685. The van der Waals surface area contributed by atoms with Gasteiger partial charge >= 0.3 is 5.69 Å². The summed E-state index contributed by atoms with van der Waals surface area (Å²) in [6, 6.07) is -0.389. The molecule has 0 amide bonds. The van der Waals surface area contributed by atoms with Crippen LogP contribution in [0.25, 0.3) is 0 Å². The van der Waals surface area contributed by atoms with E-state index in [9.17, 15) is 14.7 Å². The van der Waals surface area contributed by atoms with Crippen molar-refractivity contribution in [1.82, 2.24) is 9.55 Å². The third-order valence-corrected chi connectivity index (χ3v) is 3.50. The summed E-state index contributed by atoms with van der Waals surface area (Å²) in [5, 5.41) is 19.0. The number of aliphatic hydroxyl groups excluding tert-OH is 2. The van der Waals surface area contributed by atoms with Crippen molar-refractivity contribution in [2.45, 2.75) is 25.5 Å². The Labute approximate surface area is 103 Å². The first-order valence-electron chi connectivity index (χ1n) is 5.75. The topological polar surface area (TPSA) is 95.3 Å². The van der Waals surface area contributed by atoms with Crippen LogP contribution in [0.4, 0.5) is 0 Å². The van der Waals surface area contributed by atoms with Crippen LogP contribution < -0.4 is 11.2 Å². The molecule has 0 unspecified atom stereocenters. The third kappa shape index (κ3) is 1.93. The maximum atomic E-state index is 11.7. The molecule has 1 saturated carbocycles. The van der Waals surface area contributed by atoms with E-state index in [0.717, 1.165) is 0 Å². The number of aryl methyl sites for hydroxylation is 1. The number of rotatable bonds is 2. The molecule has 0 radical (unpaired) electrons. The number of nitrogens with zero attached hydrogens (tertiary/aromatic N) is 1. The Bertz CT molecular complexity index is 586. The fraction of sp³-hybridized carbons (Fsp3) is 0.500. The van der Waals surface area contributed by atoms with E-state index >= 15 is 0 Å². The number of aromatic nitrogens is 2. The fourth-order valence-corrected chi connectivity index (χ4v) is 2.35. The van der Waals surface area contributed by atoms with E-state index in [2.05, 4.69) is 11.6 Å². The molecule has 1 aromatic heterocycles. The number of hydrogen-bond acceptors (Lipinski definition) is 4. The average Bonchev–Trinajstić information content (AvgIpc) is 2.61. The molecule has 6 nitrogen and oxygen atoms in total. The van der Waals surface area contributed by atoms with Gasteiger partial charge in [0.05, 0.1) is 12.1 Å². The van der Waals surface area contributed by atoms with Gasteiger partial charge in [-0.3, -0.25) is 14.3 Å². The normalized spacial score (nSPS) is 27.7. The summed E-state index contributed by atoms with van der Waals surface area (Å²) in [5.74, 6) is -0.318. The van der Waals surface area contributed by atoms with Gasteiger partial charge < -0.3 is 10.2 Å². The lowest BCUT2D eigenvalue weighted by molar-refractivity contribution is 0.111. The number of nitrogens with one attached hydrogen (secondary N) is 1. The number of hydrogen-bond donors (Lipinski definition) is 3. The van der Waals surface area contributed by atoms with Gasteiger partial charge in [-0.05, 0) is 18.9 Å². The summed E-state index contributed by atoms with van der Waals surface area (Å²) in [7, 11) is 0. The summed E-state index contributed by atoms with van der Waals surface area (Å²) in [4.78, 5) is 25.3. The molecular weight excluding hydrogens is 236 g/mol. The second-order valence-corrected chi connectivity index (χ2v) is 4.69. The minimum atomic E-state index is -0.820. The van der Waals surface area contributed by atoms with Gasteiger partial charge in [-0.2, -0.15) is 0 Å². The summed E-state index contributed by atoms with van der Waals surface area (Å²) in [6.07, 6.45) is 1.07. The molecule has 0 bridgehead atoms. The minimum absolute atomic E-state index is 0.159. The third-order valence-electron chi connectivity index (χ3n) is 3.50. The molecule has 1 aliphatic rings. The van der Waals surface area contributed by atoms with Crippen LogP contribution in [0.3, 0.4) is 0 Å². The van der Waals surface area contributed by atoms with Crippen molar-refractivity contribution in [3.63, 3.8) is 0 Å². The van der Waals surface area contributed by atoms with E-state index in [1.54, 1.807) is 6.92 Å². The SMILES string of the molecule is C=C1[C@@H](O)[C@H](CO)C[C@@H]1n1cc(C)c(=O)[nH]c1=O. The maximum absolute atomic E-state index is 11.7. The van der Waals surface area contributed by atoms with Gasteiger partial charge in [0.1, 0.15) is 0 Å². The van der Waals surface area contributed by atoms with Crippen molar-refractivity contribution in [3.8, 4) is 0 Å². The van der Waals surface area contributed by atoms with Crippen LogP contribution >= 0.6 is 0 Å². The lowest BCUT2D eigenvalue weighted by Crippen LogP contribution is -2.33. The number of H-pyrrole nitrogens is 1. The molecule has 98 valence electrons. The van der Waals surface area contributed by atoms with Gasteiger partial charge in [0.25, 0.3) is 5.56 Å². The summed E-state index contributed by atoms with van der Waals surface area (Å²) < 4.78 is 1.36. The Morgan fingerprint density at radius 2 is 2.22 bits per heavy atom. The molecule has 3 N–H and O–H groups in total. The first-order valence-corrected chi connectivity index (χ1v) is 5.75. The van der Waals surface area contributed by atoms with Crippen LogP contribution in [-0.2, 0) is 0 Å². The standard InChI is InChI=1S/C12H16N2O4/c1-6-4-14(12(18)13-11(6)17)9-3-8(5-15)10(16)7(9)2/h4,8-10,15-16H,2-3,5H2,1H3,(H,13,17,18)/t8-,9-,10+/m0/s1. The van der Waals surface area contributed by atoms with Crippen molar-refractivity contribution in [1.29, 1.82) is 0 Å². The highest BCUT2D eigenvalue weighted by Gasteiger charge is 2.37. The molecule has 1 aliphatic carbocycles. The average molecular weight is 252 g/mol. The van der Waals surface area contributed by atoms with Gasteiger partial charge in [0.15, 0.2) is 0 Å². The molecule has 6 heteroatoms. The molecule has 18 heavy (non-hydrogen) atoms. The second-order valence-electron chi connectivity index (χ2n) is 4.69. The molecule has 0 saturated heterocycles. The van der Waals surface area contributed by atoms with E-state index in [4.69, 9.17) is 5.11 Å². The molecule has 1 fully saturated rings. The zero-order valence-corrected chi connectivity index (χ0v) is 10.1. The fourth-order valence-electron chi connectivity index (χ4n) is 2.35. The first-order chi connectivity index (χ1) is 8.45.